The topological polar surface area (TPSA) is 95.4 Å². The second kappa shape index (κ2) is 6.76. The SMILES string of the molecule is COC(=O)c1ccc(C(=O)N2CCC(N=[N+]=[N-])CC2)cc1. The van der Waals surface area contributed by atoms with Crippen LogP contribution in [-0.4, -0.2) is 43.0 Å². The van der Waals surface area contributed by atoms with Crippen LogP contribution in [-0.2, 0) is 4.74 Å². The summed E-state index contributed by atoms with van der Waals surface area (Å²) in [7, 11) is 1.31. The molecule has 21 heavy (non-hydrogen) atoms. The van der Waals surface area contributed by atoms with Crippen molar-refractivity contribution in [1.29, 1.82) is 0 Å². The number of esters is 1. The predicted octanol–water partition coefficient (Wildman–Crippen LogP) is 2.39. The molecule has 110 valence electrons. The molecule has 0 radical (unpaired) electrons. The number of ether oxygens (including phenoxy) is 1. The molecule has 0 N–H and O–H groups in total. The highest BCUT2D eigenvalue weighted by Crippen LogP contribution is 2.17. The van der Waals surface area contributed by atoms with E-state index < -0.39 is 5.97 Å². The van der Waals surface area contributed by atoms with Gasteiger partial charge in [-0.2, -0.15) is 0 Å². The molecule has 1 saturated heterocycles. The molecule has 0 aromatic heterocycles. The Balaban J connectivity index is 2.01. The van der Waals surface area contributed by atoms with Crippen LogP contribution in [0.1, 0.15) is 33.6 Å². The van der Waals surface area contributed by atoms with Crippen molar-refractivity contribution in [2.24, 2.45) is 5.11 Å². The highest BCUT2D eigenvalue weighted by molar-refractivity contribution is 5.96. The van der Waals surface area contributed by atoms with E-state index in [-0.39, 0.29) is 11.9 Å². The Hall–Kier alpha value is -2.53. The maximum absolute atomic E-state index is 12.3. The van der Waals surface area contributed by atoms with Crippen LogP contribution < -0.4 is 0 Å². The van der Waals surface area contributed by atoms with Gasteiger partial charge in [-0.1, -0.05) is 5.11 Å². The van der Waals surface area contributed by atoms with Crippen LogP contribution in [0.25, 0.3) is 10.4 Å². The van der Waals surface area contributed by atoms with E-state index in [0.717, 1.165) is 0 Å². The Morgan fingerprint density at radius 1 is 1.24 bits per heavy atom. The third kappa shape index (κ3) is 3.52. The highest BCUT2D eigenvalue weighted by Gasteiger charge is 2.23. The fourth-order valence-electron chi connectivity index (χ4n) is 2.31. The second-order valence-corrected chi connectivity index (χ2v) is 4.80. The molecule has 1 aliphatic heterocycles. The van der Waals surface area contributed by atoms with Crippen molar-refractivity contribution in [2.45, 2.75) is 18.9 Å². The molecule has 0 bridgehead atoms. The van der Waals surface area contributed by atoms with Gasteiger partial charge in [-0.05, 0) is 42.6 Å². The minimum atomic E-state index is -0.427. The van der Waals surface area contributed by atoms with Crippen LogP contribution in [0.4, 0.5) is 0 Å². The second-order valence-electron chi connectivity index (χ2n) is 4.80. The van der Waals surface area contributed by atoms with E-state index in [1.54, 1.807) is 29.2 Å². The Bertz CT molecular complexity index is 570. The van der Waals surface area contributed by atoms with Crippen molar-refractivity contribution in [2.75, 3.05) is 20.2 Å². The number of carbonyl (C=O) groups excluding carboxylic acids is 2. The van der Waals surface area contributed by atoms with E-state index in [1.807, 2.05) is 0 Å². The van der Waals surface area contributed by atoms with Crippen molar-refractivity contribution < 1.29 is 14.3 Å². The number of carbonyl (C=O) groups is 2. The van der Waals surface area contributed by atoms with E-state index in [2.05, 4.69) is 14.8 Å². The fourth-order valence-corrected chi connectivity index (χ4v) is 2.31. The normalized spacial score (nSPS) is 15.2. The molecule has 0 saturated carbocycles. The number of hydrogen-bond donors (Lipinski definition) is 0. The fraction of sp³-hybridized carbons (Fsp3) is 0.429. The summed E-state index contributed by atoms with van der Waals surface area (Å²) in [6, 6.07) is 6.36. The predicted molar refractivity (Wildman–Crippen MR) is 75.9 cm³/mol. The Morgan fingerprint density at radius 3 is 2.33 bits per heavy atom. The van der Waals surface area contributed by atoms with Gasteiger partial charge in [-0.25, -0.2) is 4.79 Å². The van der Waals surface area contributed by atoms with E-state index in [1.165, 1.54) is 7.11 Å². The van der Waals surface area contributed by atoms with Gasteiger partial charge in [-0.3, -0.25) is 4.79 Å². The average molecular weight is 288 g/mol. The molecule has 7 heteroatoms. The molecular formula is C14H16N4O3. The number of benzene rings is 1. The van der Waals surface area contributed by atoms with E-state index in [0.29, 0.717) is 37.1 Å². The first-order chi connectivity index (χ1) is 10.2. The van der Waals surface area contributed by atoms with Crippen molar-refractivity contribution >= 4 is 11.9 Å². The largest absolute Gasteiger partial charge is 0.465 e. The zero-order chi connectivity index (χ0) is 15.2. The van der Waals surface area contributed by atoms with Crippen molar-refractivity contribution in [3.63, 3.8) is 0 Å². The third-order valence-electron chi connectivity index (χ3n) is 3.52. The minimum absolute atomic E-state index is 0.0271. The average Bonchev–Trinajstić information content (AvgIpc) is 2.54. The standard InChI is InChI=1S/C14H16N4O3/c1-21-14(20)11-4-2-10(3-5-11)13(19)18-8-6-12(7-9-18)16-17-15/h2-5,12H,6-9H2,1H3. The van der Waals surface area contributed by atoms with Crippen molar-refractivity contribution in [3.8, 4) is 0 Å². The molecule has 0 atom stereocenters. The molecule has 1 aromatic carbocycles. The van der Waals surface area contributed by atoms with Gasteiger partial charge < -0.3 is 9.64 Å². The summed E-state index contributed by atoms with van der Waals surface area (Å²) >= 11 is 0. The molecule has 0 spiro atoms. The number of amides is 1. The van der Waals surface area contributed by atoms with Gasteiger partial charge in [0.2, 0.25) is 0 Å². The molecule has 1 heterocycles. The van der Waals surface area contributed by atoms with Crippen LogP contribution in [0.5, 0.6) is 0 Å². The molecule has 2 rings (SSSR count). The number of methoxy groups -OCH3 is 1. The van der Waals surface area contributed by atoms with Crippen molar-refractivity contribution in [3.05, 3.63) is 45.8 Å². The van der Waals surface area contributed by atoms with Gasteiger partial charge in [0, 0.05) is 29.6 Å². The van der Waals surface area contributed by atoms with E-state index in [9.17, 15) is 9.59 Å². The summed E-state index contributed by atoms with van der Waals surface area (Å²) < 4.78 is 4.61. The smallest absolute Gasteiger partial charge is 0.337 e. The number of azide groups is 1. The van der Waals surface area contributed by atoms with Gasteiger partial charge >= 0.3 is 5.97 Å². The number of likely N-dealkylation sites (tertiary alicyclic amines) is 1. The van der Waals surface area contributed by atoms with Gasteiger partial charge in [0.15, 0.2) is 0 Å². The zero-order valence-electron chi connectivity index (χ0n) is 11.7. The molecular weight excluding hydrogens is 272 g/mol. The highest BCUT2D eigenvalue weighted by atomic mass is 16.5. The first kappa shape index (κ1) is 14.9. The summed E-state index contributed by atoms with van der Waals surface area (Å²) in [6.45, 7) is 1.14. The van der Waals surface area contributed by atoms with Crippen LogP contribution in [0.2, 0.25) is 0 Å². The van der Waals surface area contributed by atoms with Gasteiger partial charge in [0.1, 0.15) is 0 Å². The van der Waals surface area contributed by atoms with E-state index >= 15 is 0 Å². The number of piperidine rings is 1. The molecule has 1 amide bonds. The molecule has 1 fully saturated rings. The summed E-state index contributed by atoms with van der Waals surface area (Å²) in [5.41, 5.74) is 9.35. The Labute approximate surface area is 122 Å². The maximum Gasteiger partial charge on any atom is 0.337 e. The molecule has 0 unspecified atom stereocenters. The van der Waals surface area contributed by atoms with Crippen molar-refractivity contribution in [1.82, 2.24) is 4.90 Å². The molecule has 1 aromatic rings. The monoisotopic (exact) mass is 288 g/mol. The van der Waals surface area contributed by atoms with E-state index in [4.69, 9.17) is 5.53 Å². The van der Waals surface area contributed by atoms with Gasteiger partial charge in [0.05, 0.1) is 12.7 Å². The van der Waals surface area contributed by atoms with Gasteiger partial charge in [-0.15, -0.1) is 0 Å². The first-order valence-corrected chi connectivity index (χ1v) is 6.67. The van der Waals surface area contributed by atoms with Gasteiger partial charge in [0.25, 0.3) is 5.91 Å². The quantitative estimate of drug-likeness (QED) is 0.370. The lowest BCUT2D eigenvalue weighted by Gasteiger charge is -2.30. The minimum Gasteiger partial charge on any atom is -0.465 e. The number of rotatable bonds is 3. The maximum atomic E-state index is 12.3. The number of hydrogen-bond acceptors (Lipinski definition) is 4. The van der Waals surface area contributed by atoms with Crippen LogP contribution in [0.15, 0.2) is 29.4 Å². The lowest BCUT2D eigenvalue weighted by atomic mass is 10.0. The van der Waals surface area contributed by atoms with Crippen LogP contribution >= 0.6 is 0 Å². The van der Waals surface area contributed by atoms with Crippen LogP contribution in [0.3, 0.4) is 0 Å². The lowest BCUT2D eigenvalue weighted by Crippen LogP contribution is -2.39. The first-order valence-electron chi connectivity index (χ1n) is 6.67. The zero-order valence-corrected chi connectivity index (χ0v) is 11.7. The molecule has 7 nitrogen and oxygen atoms in total. The molecule has 1 aliphatic rings. The third-order valence-corrected chi connectivity index (χ3v) is 3.52. The Morgan fingerprint density at radius 2 is 1.81 bits per heavy atom. The number of nitrogens with zero attached hydrogens (tertiary/aromatic N) is 4. The summed E-state index contributed by atoms with van der Waals surface area (Å²) in [6.07, 6.45) is 1.35. The summed E-state index contributed by atoms with van der Waals surface area (Å²) in [5, 5.41) is 3.68. The summed E-state index contributed by atoms with van der Waals surface area (Å²) in [5.74, 6) is -0.505. The summed E-state index contributed by atoms with van der Waals surface area (Å²) in [4.78, 5) is 28.2. The van der Waals surface area contributed by atoms with Crippen LogP contribution in [0, 0.1) is 0 Å². The Kier molecular flexibility index (Phi) is 4.79. The molecule has 0 aliphatic carbocycles. The lowest BCUT2D eigenvalue weighted by molar-refractivity contribution is 0.0599.